The zero-order valence-corrected chi connectivity index (χ0v) is 8.80. The Balaban J connectivity index is 3.13. The van der Waals surface area contributed by atoms with Gasteiger partial charge in [-0.15, -0.1) is 0 Å². The first-order valence-electron chi connectivity index (χ1n) is 4.79. The van der Waals surface area contributed by atoms with Gasteiger partial charge in [0.15, 0.2) is 0 Å². The molecule has 0 saturated carbocycles. The van der Waals surface area contributed by atoms with Gasteiger partial charge in [0.05, 0.1) is 11.1 Å². The fraction of sp³-hybridized carbons (Fsp3) is 0.250. The van der Waals surface area contributed by atoms with E-state index in [0.717, 1.165) is 12.1 Å². The van der Waals surface area contributed by atoms with E-state index in [1.54, 1.807) is 6.07 Å². The Kier molecular flexibility index (Phi) is 4.14. The number of hydrogen-bond donors (Lipinski definition) is 1. The minimum atomic E-state index is -4.45. The molecule has 0 spiro atoms. The van der Waals surface area contributed by atoms with E-state index < -0.39 is 11.7 Å². The van der Waals surface area contributed by atoms with Crippen LogP contribution in [0.25, 0.3) is 0 Å². The van der Waals surface area contributed by atoms with E-state index in [2.05, 4.69) is 11.8 Å². The van der Waals surface area contributed by atoms with Crippen LogP contribution >= 0.6 is 0 Å². The molecule has 1 rings (SSSR count). The summed E-state index contributed by atoms with van der Waals surface area (Å²) < 4.78 is 37.1. The van der Waals surface area contributed by atoms with Crippen molar-refractivity contribution >= 4 is 0 Å². The van der Waals surface area contributed by atoms with Crippen molar-refractivity contribution in [2.24, 2.45) is 5.73 Å². The maximum Gasteiger partial charge on any atom is 0.416 e. The molecule has 0 unspecified atom stereocenters. The van der Waals surface area contributed by atoms with Crippen LogP contribution in [-0.4, -0.2) is 6.54 Å². The number of halogens is 3. The Morgan fingerprint density at radius 3 is 2.47 bits per heavy atom. The van der Waals surface area contributed by atoms with Crippen molar-refractivity contribution in [3.63, 3.8) is 0 Å². The lowest BCUT2D eigenvalue weighted by Crippen LogP contribution is -2.05. The van der Waals surface area contributed by atoms with Gasteiger partial charge >= 0.3 is 6.18 Å². The van der Waals surface area contributed by atoms with E-state index >= 15 is 0 Å². The molecule has 1 aromatic carbocycles. The first kappa shape index (κ1) is 13.1. The molecular weight excluding hydrogens is 229 g/mol. The van der Waals surface area contributed by atoms with E-state index in [1.165, 1.54) is 6.07 Å². The summed E-state index contributed by atoms with van der Waals surface area (Å²) in [6.07, 6.45) is -4.01. The van der Waals surface area contributed by atoms with Crippen molar-refractivity contribution in [2.75, 3.05) is 6.54 Å². The van der Waals surface area contributed by atoms with Crippen molar-refractivity contribution in [3.05, 3.63) is 34.9 Å². The van der Waals surface area contributed by atoms with E-state index in [-0.39, 0.29) is 11.1 Å². The van der Waals surface area contributed by atoms with Gasteiger partial charge in [0.25, 0.3) is 0 Å². The van der Waals surface area contributed by atoms with Crippen LogP contribution in [0.15, 0.2) is 18.2 Å². The smallest absolute Gasteiger partial charge is 0.330 e. The second kappa shape index (κ2) is 5.38. The standard InChI is InChI=1S/C12H9F3N2/c13-12(14,15)11-5-4-9(3-1-2-6-16)10(7-11)8-17/h4-5,7H,2,6,16H2. The second-order valence-corrected chi connectivity index (χ2v) is 3.21. The van der Waals surface area contributed by atoms with Crippen molar-refractivity contribution in [2.45, 2.75) is 12.6 Å². The Morgan fingerprint density at radius 2 is 1.94 bits per heavy atom. The van der Waals surface area contributed by atoms with E-state index in [9.17, 15) is 13.2 Å². The summed E-state index contributed by atoms with van der Waals surface area (Å²) in [5.74, 6) is 5.30. The third kappa shape index (κ3) is 3.51. The highest BCUT2D eigenvalue weighted by molar-refractivity contribution is 5.50. The zero-order valence-electron chi connectivity index (χ0n) is 8.80. The Hall–Kier alpha value is -1.98. The van der Waals surface area contributed by atoms with Crippen LogP contribution in [-0.2, 0) is 6.18 Å². The van der Waals surface area contributed by atoms with Gasteiger partial charge in [-0.1, -0.05) is 11.8 Å². The molecule has 0 aliphatic rings. The van der Waals surface area contributed by atoms with Crippen molar-refractivity contribution in [1.82, 2.24) is 0 Å². The van der Waals surface area contributed by atoms with Crippen LogP contribution in [0.3, 0.4) is 0 Å². The molecule has 2 N–H and O–H groups in total. The van der Waals surface area contributed by atoms with Crippen LogP contribution in [0.2, 0.25) is 0 Å². The molecule has 0 heterocycles. The molecule has 2 nitrogen and oxygen atoms in total. The molecule has 0 bridgehead atoms. The molecule has 0 amide bonds. The number of rotatable bonds is 1. The summed E-state index contributed by atoms with van der Waals surface area (Å²) in [6, 6.07) is 4.61. The fourth-order valence-corrected chi connectivity index (χ4v) is 1.15. The predicted octanol–water partition coefficient (Wildman–Crippen LogP) is 2.28. The van der Waals surface area contributed by atoms with Gasteiger partial charge in [0.2, 0.25) is 0 Å². The predicted molar refractivity (Wildman–Crippen MR) is 56.7 cm³/mol. The van der Waals surface area contributed by atoms with Crippen LogP contribution in [0.4, 0.5) is 13.2 Å². The maximum absolute atomic E-state index is 12.4. The lowest BCUT2D eigenvalue weighted by Gasteiger charge is -2.06. The van der Waals surface area contributed by atoms with Gasteiger partial charge < -0.3 is 5.73 Å². The Bertz CT molecular complexity index is 501. The van der Waals surface area contributed by atoms with Gasteiger partial charge in [-0.25, -0.2) is 0 Å². The monoisotopic (exact) mass is 238 g/mol. The van der Waals surface area contributed by atoms with Crippen molar-refractivity contribution < 1.29 is 13.2 Å². The fourth-order valence-electron chi connectivity index (χ4n) is 1.15. The van der Waals surface area contributed by atoms with Crippen LogP contribution in [0.5, 0.6) is 0 Å². The topological polar surface area (TPSA) is 49.8 Å². The van der Waals surface area contributed by atoms with E-state index in [0.29, 0.717) is 13.0 Å². The first-order chi connectivity index (χ1) is 7.99. The number of nitriles is 1. The zero-order chi connectivity index (χ0) is 12.9. The Labute approximate surface area is 96.8 Å². The number of nitrogens with zero attached hydrogens (tertiary/aromatic N) is 1. The second-order valence-electron chi connectivity index (χ2n) is 3.21. The number of nitrogens with two attached hydrogens (primary N) is 1. The molecule has 5 heteroatoms. The average molecular weight is 238 g/mol. The molecule has 0 aromatic heterocycles. The molecule has 0 aliphatic carbocycles. The summed E-state index contributed by atoms with van der Waals surface area (Å²) in [7, 11) is 0. The highest BCUT2D eigenvalue weighted by Gasteiger charge is 2.30. The highest BCUT2D eigenvalue weighted by atomic mass is 19.4. The average Bonchev–Trinajstić information content (AvgIpc) is 2.28. The maximum atomic E-state index is 12.4. The summed E-state index contributed by atoms with van der Waals surface area (Å²) in [4.78, 5) is 0. The molecule has 1 aromatic rings. The minimum Gasteiger partial charge on any atom is -0.330 e. The normalized spacial score (nSPS) is 10.3. The van der Waals surface area contributed by atoms with Gasteiger partial charge in [0.1, 0.15) is 6.07 Å². The van der Waals surface area contributed by atoms with Gasteiger partial charge in [-0.05, 0) is 18.2 Å². The quantitative estimate of drug-likeness (QED) is 0.763. The molecule has 17 heavy (non-hydrogen) atoms. The summed E-state index contributed by atoms with van der Waals surface area (Å²) in [5.41, 5.74) is 4.59. The van der Waals surface area contributed by atoms with Crippen molar-refractivity contribution in [3.8, 4) is 17.9 Å². The largest absolute Gasteiger partial charge is 0.416 e. The number of hydrogen-bond acceptors (Lipinski definition) is 2. The van der Waals surface area contributed by atoms with Gasteiger partial charge in [-0.3, -0.25) is 0 Å². The van der Waals surface area contributed by atoms with Crippen LogP contribution < -0.4 is 5.73 Å². The highest BCUT2D eigenvalue weighted by Crippen LogP contribution is 2.30. The lowest BCUT2D eigenvalue weighted by molar-refractivity contribution is -0.137. The minimum absolute atomic E-state index is 0.0793. The molecule has 0 aliphatic heterocycles. The van der Waals surface area contributed by atoms with Gasteiger partial charge in [0, 0.05) is 18.5 Å². The lowest BCUT2D eigenvalue weighted by atomic mass is 10.0. The molecule has 88 valence electrons. The molecule has 0 fully saturated rings. The molecule has 0 radical (unpaired) electrons. The molecular formula is C12H9F3N2. The summed E-state index contributed by atoms with van der Waals surface area (Å²) in [6.45, 7) is 0.371. The summed E-state index contributed by atoms with van der Waals surface area (Å²) in [5, 5.41) is 8.76. The van der Waals surface area contributed by atoms with Gasteiger partial charge in [-0.2, -0.15) is 18.4 Å². The van der Waals surface area contributed by atoms with E-state index in [4.69, 9.17) is 11.0 Å². The number of alkyl halides is 3. The summed E-state index contributed by atoms with van der Waals surface area (Å²) >= 11 is 0. The van der Waals surface area contributed by atoms with Crippen LogP contribution in [0, 0.1) is 23.2 Å². The van der Waals surface area contributed by atoms with Crippen LogP contribution in [0.1, 0.15) is 23.1 Å². The SMILES string of the molecule is N#Cc1cc(C(F)(F)F)ccc1C#CCCN. The van der Waals surface area contributed by atoms with E-state index in [1.807, 2.05) is 0 Å². The third-order valence-electron chi connectivity index (χ3n) is 1.96. The third-order valence-corrected chi connectivity index (χ3v) is 1.96. The molecule has 0 atom stereocenters. The first-order valence-corrected chi connectivity index (χ1v) is 4.79. The molecule has 0 saturated heterocycles. The Morgan fingerprint density at radius 1 is 1.24 bits per heavy atom. The number of benzene rings is 1. The van der Waals surface area contributed by atoms with Crippen molar-refractivity contribution in [1.29, 1.82) is 5.26 Å².